The van der Waals surface area contributed by atoms with Crippen molar-refractivity contribution in [3.05, 3.63) is 41.6 Å². The van der Waals surface area contributed by atoms with Crippen molar-refractivity contribution in [3.63, 3.8) is 0 Å². The Hall–Kier alpha value is -2.71. The standard InChI is InChI=1S/C15H9F5N2O2/c1-7-12-10(15(18,19)20)6-11(21-13(12)24-22-7)8-2-4-9(5-3-8)23-14(16)17/h2-6,14H,1H3. The fraction of sp³-hybridized carbons (Fsp3) is 0.200. The van der Waals surface area contributed by atoms with Crippen molar-refractivity contribution in [2.45, 2.75) is 19.7 Å². The molecule has 24 heavy (non-hydrogen) atoms. The SMILES string of the molecule is Cc1noc2nc(-c3ccc(OC(F)F)cc3)cc(C(F)(F)F)c12. The lowest BCUT2D eigenvalue weighted by atomic mass is 10.1. The van der Waals surface area contributed by atoms with Gasteiger partial charge in [-0.2, -0.15) is 22.0 Å². The average Bonchev–Trinajstić information content (AvgIpc) is 2.87. The summed E-state index contributed by atoms with van der Waals surface area (Å²) < 4.78 is 73.1. The fourth-order valence-electron chi connectivity index (χ4n) is 2.27. The number of ether oxygens (including phenoxy) is 1. The number of aromatic nitrogens is 2. The van der Waals surface area contributed by atoms with E-state index < -0.39 is 18.4 Å². The Morgan fingerprint density at radius 2 is 1.79 bits per heavy atom. The molecule has 4 nitrogen and oxygen atoms in total. The highest BCUT2D eigenvalue weighted by Gasteiger charge is 2.35. The molecule has 2 aromatic heterocycles. The molecule has 1 aromatic carbocycles. The van der Waals surface area contributed by atoms with E-state index in [2.05, 4.69) is 14.9 Å². The molecule has 2 heterocycles. The van der Waals surface area contributed by atoms with Crippen molar-refractivity contribution in [1.82, 2.24) is 10.1 Å². The Balaban J connectivity index is 2.10. The zero-order valence-electron chi connectivity index (χ0n) is 12.1. The maximum atomic E-state index is 13.3. The number of hydrogen-bond donors (Lipinski definition) is 0. The first-order valence-corrected chi connectivity index (χ1v) is 6.65. The third-order valence-corrected chi connectivity index (χ3v) is 3.30. The normalized spacial score (nSPS) is 12.1. The Kier molecular flexibility index (Phi) is 3.86. The number of hydrogen-bond acceptors (Lipinski definition) is 4. The highest BCUT2D eigenvalue weighted by Crippen LogP contribution is 2.38. The van der Waals surface area contributed by atoms with Crippen molar-refractivity contribution in [1.29, 1.82) is 0 Å². The van der Waals surface area contributed by atoms with Gasteiger partial charge in [0.2, 0.25) is 0 Å². The predicted octanol–water partition coefficient (Wildman–Crippen LogP) is 4.82. The molecule has 3 aromatic rings. The van der Waals surface area contributed by atoms with Crippen LogP contribution in [0.4, 0.5) is 22.0 Å². The van der Waals surface area contributed by atoms with Crippen LogP contribution in [0.3, 0.4) is 0 Å². The lowest BCUT2D eigenvalue weighted by Crippen LogP contribution is -2.07. The molecule has 0 fully saturated rings. The van der Waals surface area contributed by atoms with E-state index in [9.17, 15) is 22.0 Å². The molecule has 0 aliphatic carbocycles. The van der Waals surface area contributed by atoms with Gasteiger partial charge in [0.15, 0.2) is 0 Å². The van der Waals surface area contributed by atoms with E-state index in [4.69, 9.17) is 4.52 Å². The minimum absolute atomic E-state index is 0.0189. The second kappa shape index (κ2) is 5.73. The maximum absolute atomic E-state index is 13.3. The zero-order chi connectivity index (χ0) is 17.5. The van der Waals surface area contributed by atoms with Crippen LogP contribution in [-0.4, -0.2) is 16.8 Å². The molecule has 0 aliphatic heterocycles. The smallest absolute Gasteiger partial charge is 0.417 e. The number of halogens is 5. The number of aryl methyl sites for hydroxylation is 1. The highest BCUT2D eigenvalue weighted by molar-refractivity contribution is 5.83. The second-order valence-electron chi connectivity index (χ2n) is 4.90. The summed E-state index contributed by atoms with van der Waals surface area (Å²) in [5, 5.41) is 3.31. The summed E-state index contributed by atoms with van der Waals surface area (Å²) in [6, 6.07) is 5.96. The van der Waals surface area contributed by atoms with Gasteiger partial charge in [-0.3, -0.25) is 0 Å². The minimum Gasteiger partial charge on any atom is -0.435 e. The first kappa shape index (κ1) is 16.2. The monoisotopic (exact) mass is 344 g/mol. The van der Waals surface area contributed by atoms with Crippen molar-refractivity contribution in [3.8, 4) is 17.0 Å². The van der Waals surface area contributed by atoms with Crippen LogP contribution < -0.4 is 4.74 Å². The van der Waals surface area contributed by atoms with Crippen LogP contribution in [-0.2, 0) is 6.18 Å². The summed E-state index contributed by atoms with van der Waals surface area (Å²) in [4.78, 5) is 4.01. The minimum atomic E-state index is -4.62. The van der Waals surface area contributed by atoms with E-state index in [0.717, 1.165) is 6.07 Å². The number of nitrogens with zero attached hydrogens (tertiary/aromatic N) is 2. The van der Waals surface area contributed by atoms with Crippen LogP contribution in [0.5, 0.6) is 5.75 Å². The number of rotatable bonds is 3. The summed E-state index contributed by atoms with van der Waals surface area (Å²) in [5.74, 6) is -0.110. The maximum Gasteiger partial charge on any atom is 0.417 e. The lowest BCUT2D eigenvalue weighted by Gasteiger charge is -2.10. The first-order chi connectivity index (χ1) is 11.3. The molecule has 0 bridgehead atoms. The average molecular weight is 344 g/mol. The molecule has 0 saturated heterocycles. The molecular weight excluding hydrogens is 335 g/mol. The van der Waals surface area contributed by atoms with Crippen LogP contribution in [0.25, 0.3) is 22.4 Å². The number of pyridine rings is 1. The molecule has 0 radical (unpaired) electrons. The summed E-state index contributed by atoms with van der Waals surface area (Å²) in [6.45, 7) is -1.60. The van der Waals surface area contributed by atoms with Gasteiger partial charge in [-0.1, -0.05) is 5.16 Å². The van der Waals surface area contributed by atoms with E-state index >= 15 is 0 Å². The van der Waals surface area contributed by atoms with Crippen molar-refractivity contribution in [2.24, 2.45) is 0 Å². The number of alkyl halides is 5. The second-order valence-corrected chi connectivity index (χ2v) is 4.90. The molecule has 0 N–H and O–H groups in total. The summed E-state index contributed by atoms with van der Waals surface area (Å²) in [5.41, 5.74) is -0.816. The first-order valence-electron chi connectivity index (χ1n) is 6.65. The molecule has 3 rings (SSSR count). The van der Waals surface area contributed by atoms with Gasteiger partial charge in [-0.05, 0) is 37.3 Å². The third-order valence-electron chi connectivity index (χ3n) is 3.30. The highest BCUT2D eigenvalue weighted by atomic mass is 19.4. The molecule has 126 valence electrons. The number of fused-ring (bicyclic) bond motifs is 1. The van der Waals surface area contributed by atoms with Gasteiger partial charge in [0.05, 0.1) is 22.3 Å². The van der Waals surface area contributed by atoms with Crippen LogP contribution in [0.1, 0.15) is 11.3 Å². The topological polar surface area (TPSA) is 48.2 Å². The molecule has 0 atom stereocenters. The molecule has 0 saturated carbocycles. The van der Waals surface area contributed by atoms with Gasteiger partial charge < -0.3 is 9.26 Å². The van der Waals surface area contributed by atoms with Crippen LogP contribution in [0, 0.1) is 6.92 Å². The summed E-state index contributed by atoms with van der Waals surface area (Å²) >= 11 is 0. The van der Waals surface area contributed by atoms with E-state index in [-0.39, 0.29) is 33.8 Å². The Bertz CT molecular complexity index is 872. The molecule has 0 amide bonds. The van der Waals surface area contributed by atoms with E-state index in [1.54, 1.807) is 0 Å². The molecular formula is C15H9F5N2O2. The van der Waals surface area contributed by atoms with Crippen molar-refractivity contribution < 1.29 is 31.2 Å². The Labute approximate surface area is 131 Å². The van der Waals surface area contributed by atoms with Gasteiger partial charge >= 0.3 is 12.8 Å². The molecule has 0 unspecified atom stereocenters. The van der Waals surface area contributed by atoms with Crippen LogP contribution >= 0.6 is 0 Å². The van der Waals surface area contributed by atoms with E-state index in [1.165, 1.54) is 31.2 Å². The van der Waals surface area contributed by atoms with Crippen LogP contribution in [0.2, 0.25) is 0 Å². The quantitative estimate of drug-likeness (QED) is 0.639. The van der Waals surface area contributed by atoms with Gasteiger partial charge in [0.1, 0.15) is 5.75 Å². The van der Waals surface area contributed by atoms with Gasteiger partial charge in [0, 0.05) is 5.56 Å². The molecule has 9 heteroatoms. The van der Waals surface area contributed by atoms with Crippen molar-refractivity contribution in [2.75, 3.05) is 0 Å². The Morgan fingerprint density at radius 3 is 2.38 bits per heavy atom. The summed E-state index contributed by atoms with van der Waals surface area (Å²) in [6.07, 6.45) is -4.62. The largest absolute Gasteiger partial charge is 0.435 e. The van der Waals surface area contributed by atoms with Gasteiger partial charge in [0.25, 0.3) is 5.71 Å². The zero-order valence-corrected chi connectivity index (χ0v) is 12.1. The van der Waals surface area contributed by atoms with E-state index in [1.807, 2.05) is 0 Å². The fourth-order valence-corrected chi connectivity index (χ4v) is 2.27. The summed E-state index contributed by atoms with van der Waals surface area (Å²) in [7, 11) is 0. The van der Waals surface area contributed by atoms with Gasteiger partial charge in [-0.15, -0.1) is 0 Å². The van der Waals surface area contributed by atoms with Crippen molar-refractivity contribution >= 4 is 11.1 Å². The Morgan fingerprint density at radius 1 is 1.12 bits per heavy atom. The lowest BCUT2D eigenvalue weighted by molar-refractivity contribution is -0.136. The van der Waals surface area contributed by atoms with Gasteiger partial charge in [-0.25, -0.2) is 4.98 Å². The molecule has 0 spiro atoms. The third kappa shape index (κ3) is 3.01. The van der Waals surface area contributed by atoms with Crippen LogP contribution in [0.15, 0.2) is 34.9 Å². The predicted molar refractivity (Wildman–Crippen MR) is 73.6 cm³/mol. The van der Waals surface area contributed by atoms with E-state index in [0.29, 0.717) is 0 Å². The number of benzene rings is 1. The molecule has 0 aliphatic rings.